The molecule has 3 nitrogen and oxygen atoms in total. The Morgan fingerprint density at radius 2 is 2.06 bits per heavy atom. The summed E-state index contributed by atoms with van der Waals surface area (Å²) < 4.78 is 40.0. The molecule has 2 unspecified atom stereocenters. The van der Waals surface area contributed by atoms with E-state index in [0.29, 0.717) is 12.0 Å². The van der Waals surface area contributed by atoms with Gasteiger partial charge >= 0.3 is 6.36 Å². The van der Waals surface area contributed by atoms with Crippen molar-refractivity contribution in [3.8, 4) is 5.75 Å². The lowest BCUT2D eigenvalue weighted by molar-refractivity contribution is -0.274. The third-order valence-corrected chi connectivity index (χ3v) is 3.15. The SMILES string of the molecule is O=C1NC2CC1c1cc(OC(F)(F)F)ccc12. The number of benzene rings is 1. The topological polar surface area (TPSA) is 38.3 Å². The van der Waals surface area contributed by atoms with Crippen LogP contribution in [0.4, 0.5) is 13.2 Å². The largest absolute Gasteiger partial charge is 0.573 e. The molecule has 0 spiro atoms. The first-order valence-electron chi connectivity index (χ1n) is 5.14. The van der Waals surface area contributed by atoms with Gasteiger partial charge in [-0.3, -0.25) is 4.79 Å². The van der Waals surface area contributed by atoms with Gasteiger partial charge in [0.1, 0.15) is 5.75 Å². The van der Waals surface area contributed by atoms with E-state index in [2.05, 4.69) is 10.1 Å². The minimum Gasteiger partial charge on any atom is -0.406 e. The van der Waals surface area contributed by atoms with Crippen LogP contribution in [0, 0.1) is 0 Å². The van der Waals surface area contributed by atoms with Crippen LogP contribution in [-0.4, -0.2) is 12.3 Å². The fraction of sp³-hybridized carbons (Fsp3) is 0.364. The van der Waals surface area contributed by atoms with E-state index in [1.165, 1.54) is 12.1 Å². The second-order valence-corrected chi connectivity index (χ2v) is 4.19. The van der Waals surface area contributed by atoms with Crippen LogP contribution in [0.2, 0.25) is 0 Å². The number of rotatable bonds is 1. The Morgan fingerprint density at radius 3 is 2.76 bits per heavy atom. The molecule has 2 atom stereocenters. The molecule has 0 aromatic heterocycles. The first kappa shape index (κ1) is 10.4. The highest BCUT2D eigenvalue weighted by molar-refractivity contribution is 5.89. The van der Waals surface area contributed by atoms with Crippen molar-refractivity contribution in [1.82, 2.24) is 5.32 Å². The molecular weight excluding hydrogens is 235 g/mol. The van der Waals surface area contributed by atoms with Crippen LogP contribution in [0.1, 0.15) is 29.5 Å². The van der Waals surface area contributed by atoms with Crippen molar-refractivity contribution in [2.45, 2.75) is 24.7 Å². The van der Waals surface area contributed by atoms with Crippen molar-refractivity contribution in [1.29, 1.82) is 0 Å². The van der Waals surface area contributed by atoms with Gasteiger partial charge in [-0.05, 0) is 29.7 Å². The molecule has 90 valence electrons. The average molecular weight is 243 g/mol. The highest BCUT2D eigenvalue weighted by atomic mass is 19.4. The molecule has 6 heteroatoms. The Morgan fingerprint density at radius 1 is 1.29 bits per heavy atom. The van der Waals surface area contributed by atoms with Gasteiger partial charge in [-0.2, -0.15) is 0 Å². The normalized spacial score (nSPS) is 25.7. The molecule has 17 heavy (non-hydrogen) atoms. The van der Waals surface area contributed by atoms with Crippen molar-refractivity contribution >= 4 is 5.91 Å². The number of hydrogen-bond acceptors (Lipinski definition) is 2. The molecule has 2 bridgehead atoms. The molecular formula is C11H8F3NO2. The molecule has 1 heterocycles. The first-order valence-corrected chi connectivity index (χ1v) is 5.14. The maximum absolute atomic E-state index is 12.1. The average Bonchev–Trinajstić information content (AvgIpc) is 2.72. The number of carbonyl (C=O) groups is 1. The minimum atomic E-state index is -4.70. The Hall–Kier alpha value is -1.72. The molecule has 1 aliphatic heterocycles. The summed E-state index contributed by atoms with van der Waals surface area (Å²) in [6.07, 6.45) is -4.07. The third kappa shape index (κ3) is 1.64. The Labute approximate surface area is 94.6 Å². The van der Waals surface area contributed by atoms with E-state index in [4.69, 9.17) is 0 Å². The molecule has 1 saturated heterocycles. The molecule has 1 fully saturated rings. The lowest BCUT2D eigenvalue weighted by Crippen LogP contribution is -2.26. The molecule has 2 aliphatic rings. The monoisotopic (exact) mass is 243 g/mol. The summed E-state index contributed by atoms with van der Waals surface area (Å²) in [6.45, 7) is 0. The summed E-state index contributed by atoms with van der Waals surface area (Å²) in [7, 11) is 0. The van der Waals surface area contributed by atoms with Gasteiger partial charge in [-0.25, -0.2) is 0 Å². The Kier molecular flexibility index (Phi) is 1.93. The van der Waals surface area contributed by atoms with Crippen LogP contribution in [0.25, 0.3) is 0 Å². The molecule has 1 aromatic rings. The van der Waals surface area contributed by atoms with Crippen molar-refractivity contribution in [3.05, 3.63) is 29.3 Å². The van der Waals surface area contributed by atoms with E-state index in [0.717, 1.165) is 5.56 Å². The van der Waals surface area contributed by atoms with Gasteiger partial charge < -0.3 is 10.1 Å². The third-order valence-electron chi connectivity index (χ3n) is 3.15. The van der Waals surface area contributed by atoms with E-state index in [-0.39, 0.29) is 23.6 Å². The summed E-state index contributed by atoms with van der Waals surface area (Å²) in [4.78, 5) is 11.4. The molecule has 0 radical (unpaired) electrons. The number of hydrogen-bond donors (Lipinski definition) is 1. The highest BCUT2D eigenvalue weighted by Crippen LogP contribution is 2.46. The standard InChI is InChI=1S/C11H8F3NO2/c12-11(13,14)17-5-1-2-6-7(3-5)8-4-9(6)15-10(8)16/h1-3,8-9H,4H2,(H,15,16). The van der Waals surface area contributed by atoms with Gasteiger partial charge in [0, 0.05) is 0 Å². The van der Waals surface area contributed by atoms with E-state index in [1.807, 2.05) is 0 Å². The smallest absolute Gasteiger partial charge is 0.406 e. The minimum absolute atomic E-state index is 0.0533. The van der Waals surface area contributed by atoms with Crippen LogP contribution in [0.3, 0.4) is 0 Å². The van der Waals surface area contributed by atoms with Crippen LogP contribution in [0.5, 0.6) is 5.75 Å². The number of ether oxygens (including phenoxy) is 1. The second-order valence-electron chi connectivity index (χ2n) is 4.19. The van der Waals surface area contributed by atoms with Crippen LogP contribution in [0.15, 0.2) is 18.2 Å². The predicted molar refractivity (Wildman–Crippen MR) is 51.4 cm³/mol. The van der Waals surface area contributed by atoms with Gasteiger partial charge in [0.15, 0.2) is 0 Å². The lowest BCUT2D eigenvalue weighted by atomic mass is 9.99. The molecule has 1 amide bonds. The summed E-state index contributed by atoms with van der Waals surface area (Å²) in [5, 5.41) is 2.78. The van der Waals surface area contributed by atoms with Crippen LogP contribution < -0.4 is 10.1 Å². The van der Waals surface area contributed by atoms with E-state index >= 15 is 0 Å². The maximum atomic E-state index is 12.1. The van der Waals surface area contributed by atoms with Crippen LogP contribution >= 0.6 is 0 Å². The zero-order valence-corrected chi connectivity index (χ0v) is 8.54. The zero-order valence-electron chi connectivity index (χ0n) is 8.54. The van der Waals surface area contributed by atoms with E-state index in [9.17, 15) is 18.0 Å². The molecule has 1 aliphatic carbocycles. The number of halogens is 3. The number of amides is 1. The van der Waals surface area contributed by atoms with Gasteiger partial charge in [0.2, 0.25) is 5.91 Å². The molecule has 0 saturated carbocycles. The second kappa shape index (κ2) is 3.15. The van der Waals surface area contributed by atoms with Crippen molar-refractivity contribution in [2.75, 3.05) is 0 Å². The van der Waals surface area contributed by atoms with E-state index < -0.39 is 6.36 Å². The summed E-state index contributed by atoms with van der Waals surface area (Å²) in [5.41, 5.74) is 1.55. The number of carbonyl (C=O) groups excluding carboxylic acids is 1. The fourth-order valence-corrected chi connectivity index (χ4v) is 2.52. The number of fused-ring (bicyclic) bond motifs is 5. The van der Waals surface area contributed by atoms with Crippen LogP contribution in [-0.2, 0) is 4.79 Å². The lowest BCUT2D eigenvalue weighted by Gasteiger charge is -2.17. The predicted octanol–water partition coefficient (Wildman–Crippen LogP) is 2.24. The summed E-state index contributed by atoms with van der Waals surface area (Å²) in [5.74, 6) is -0.713. The maximum Gasteiger partial charge on any atom is 0.573 e. The molecule has 3 rings (SSSR count). The van der Waals surface area contributed by atoms with Crippen molar-refractivity contribution in [2.24, 2.45) is 0 Å². The zero-order chi connectivity index (χ0) is 12.2. The fourth-order valence-electron chi connectivity index (χ4n) is 2.52. The first-order chi connectivity index (χ1) is 7.94. The summed E-state index contributed by atoms with van der Waals surface area (Å²) >= 11 is 0. The molecule has 1 N–H and O–H groups in total. The molecule has 1 aromatic carbocycles. The van der Waals surface area contributed by atoms with Gasteiger partial charge in [-0.15, -0.1) is 13.2 Å². The van der Waals surface area contributed by atoms with Gasteiger partial charge in [0.05, 0.1) is 12.0 Å². The van der Waals surface area contributed by atoms with Crippen molar-refractivity contribution in [3.63, 3.8) is 0 Å². The highest BCUT2D eigenvalue weighted by Gasteiger charge is 2.43. The Bertz CT molecular complexity index is 498. The summed E-state index contributed by atoms with van der Waals surface area (Å²) in [6, 6.07) is 4.12. The Balaban J connectivity index is 1.96. The van der Waals surface area contributed by atoms with Crippen molar-refractivity contribution < 1.29 is 22.7 Å². The van der Waals surface area contributed by atoms with E-state index in [1.54, 1.807) is 6.07 Å². The quantitative estimate of drug-likeness (QED) is 0.821. The number of alkyl halides is 3. The van der Waals surface area contributed by atoms with Gasteiger partial charge in [-0.1, -0.05) is 6.07 Å². The van der Waals surface area contributed by atoms with Gasteiger partial charge in [0.25, 0.3) is 0 Å². The number of nitrogens with one attached hydrogen (secondary N) is 1.